The van der Waals surface area contributed by atoms with Crippen LogP contribution in [-0.4, -0.2) is 32.2 Å². The van der Waals surface area contributed by atoms with E-state index in [0.29, 0.717) is 41.7 Å². The Labute approximate surface area is 171 Å². The Kier molecular flexibility index (Phi) is 5.96. The molecule has 3 amide bonds. The lowest BCUT2D eigenvalue weighted by Crippen LogP contribution is -2.42. The van der Waals surface area contributed by atoms with E-state index in [2.05, 4.69) is 10.6 Å². The molecule has 0 spiro atoms. The van der Waals surface area contributed by atoms with Crippen LogP contribution in [0.4, 0.5) is 21.9 Å². The molecule has 0 aliphatic carbocycles. The normalized spacial score (nSPS) is 15.0. The van der Waals surface area contributed by atoms with E-state index >= 15 is 0 Å². The minimum absolute atomic E-state index is 0.0103. The molecular formula is C22H27N3O4. The first-order chi connectivity index (χ1) is 13.8. The number of fused-ring (bicyclic) bond motifs is 1. The average molecular weight is 397 g/mol. The van der Waals surface area contributed by atoms with Crippen molar-refractivity contribution < 1.29 is 19.1 Å². The summed E-state index contributed by atoms with van der Waals surface area (Å²) in [7, 11) is 1.57. The van der Waals surface area contributed by atoms with Crippen LogP contribution in [0.25, 0.3) is 0 Å². The number of rotatable bonds is 5. The second kappa shape index (κ2) is 8.43. The van der Waals surface area contributed by atoms with Crippen molar-refractivity contribution in [2.75, 3.05) is 35.8 Å². The Hall–Kier alpha value is -3.22. The number of methoxy groups -OCH3 is 1. The molecule has 0 atom stereocenters. The fraction of sp³-hybridized carbons (Fsp3) is 0.364. The largest absolute Gasteiger partial charge is 0.497 e. The van der Waals surface area contributed by atoms with Crippen LogP contribution in [0.5, 0.6) is 11.5 Å². The highest BCUT2D eigenvalue weighted by Gasteiger charge is 2.37. The number of urea groups is 1. The molecule has 29 heavy (non-hydrogen) atoms. The first-order valence-electron chi connectivity index (χ1n) is 9.65. The molecule has 0 radical (unpaired) electrons. The zero-order valence-corrected chi connectivity index (χ0v) is 17.2. The maximum absolute atomic E-state index is 13.0. The van der Waals surface area contributed by atoms with Gasteiger partial charge in [0.05, 0.1) is 18.2 Å². The Morgan fingerprint density at radius 2 is 1.90 bits per heavy atom. The van der Waals surface area contributed by atoms with Crippen molar-refractivity contribution in [3.05, 3.63) is 42.5 Å². The Balaban J connectivity index is 1.81. The van der Waals surface area contributed by atoms with E-state index in [4.69, 9.17) is 9.47 Å². The summed E-state index contributed by atoms with van der Waals surface area (Å²) in [5, 5.41) is 5.59. The van der Waals surface area contributed by atoms with Gasteiger partial charge < -0.3 is 25.0 Å². The van der Waals surface area contributed by atoms with Gasteiger partial charge in [0, 0.05) is 24.0 Å². The van der Waals surface area contributed by atoms with Crippen LogP contribution in [0, 0.1) is 5.41 Å². The lowest BCUT2D eigenvalue weighted by Gasteiger charge is -2.27. The van der Waals surface area contributed by atoms with Gasteiger partial charge in [0.2, 0.25) is 5.91 Å². The number of hydrogen-bond donors (Lipinski definition) is 2. The van der Waals surface area contributed by atoms with E-state index < -0.39 is 5.41 Å². The van der Waals surface area contributed by atoms with E-state index in [-0.39, 0.29) is 11.9 Å². The van der Waals surface area contributed by atoms with Crippen molar-refractivity contribution >= 4 is 29.0 Å². The number of nitrogens with zero attached hydrogens (tertiary/aromatic N) is 1. The molecule has 2 N–H and O–H groups in total. The second-order valence-corrected chi connectivity index (χ2v) is 7.62. The summed E-state index contributed by atoms with van der Waals surface area (Å²) in [5.74, 6) is 1.30. The summed E-state index contributed by atoms with van der Waals surface area (Å²) < 4.78 is 11.1. The molecule has 0 bridgehead atoms. The minimum atomic E-state index is -0.620. The number of carbonyl (C=O) groups is 2. The Morgan fingerprint density at radius 3 is 2.59 bits per heavy atom. The van der Waals surface area contributed by atoms with Crippen molar-refractivity contribution in [3.8, 4) is 11.5 Å². The SMILES string of the molecule is CCCN1C(=O)C(C)(C)COc2ccc(NC(=O)Nc3cccc(OC)c3)cc21. The standard InChI is InChI=1S/C22H27N3O4/c1-5-11-25-18-13-16(9-10-19(18)29-14-22(2,3)20(25)26)24-21(27)23-15-7-6-8-17(12-15)28-4/h6-10,12-13H,5,11,14H2,1-4H3,(H2,23,24,27). The average Bonchev–Trinajstić information content (AvgIpc) is 2.78. The molecule has 0 fully saturated rings. The summed E-state index contributed by atoms with van der Waals surface area (Å²) in [6.45, 7) is 6.67. The van der Waals surface area contributed by atoms with Crippen molar-refractivity contribution in [1.82, 2.24) is 0 Å². The molecule has 0 unspecified atom stereocenters. The number of anilines is 3. The summed E-state index contributed by atoms with van der Waals surface area (Å²) >= 11 is 0. The lowest BCUT2D eigenvalue weighted by molar-refractivity contribution is -0.127. The first-order valence-corrected chi connectivity index (χ1v) is 9.65. The van der Waals surface area contributed by atoms with Gasteiger partial charge in [0.25, 0.3) is 0 Å². The maximum atomic E-state index is 13.0. The molecule has 154 valence electrons. The second-order valence-electron chi connectivity index (χ2n) is 7.62. The maximum Gasteiger partial charge on any atom is 0.323 e. The summed E-state index contributed by atoms with van der Waals surface area (Å²) in [5.41, 5.74) is 1.23. The first kappa shape index (κ1) is 20.5. The van der Waals surface area contributed by atoms with Gasteiger partial charge in [0.1, 0.15) is 18.1 Å². The third-order valence-corrected chi connectivity index (χ3v) is 4.70. The molecular weight excluding hydrogens is 370 g/mol. The van der Waals surface area contributed by atoms with Crippen LogP contribution in [0.3, 0.4) is 0 Å². The van der Waals surface area contributed by atoms with Crippen LogP contribution >= 0.6 is 0 Å². The topological polar surface area (TPSA) is 79.9 Å². The number of hydrogen-bond acceptors (Lipinski definition) is 4. The van der Waals surface area contributed by atoms with E-state index in [0.717, 1.165) is 6.42 Å². The van der Waals surface area contributed by atoms with E-state index in [9.17, 15) is 9.59 Å². The van der Waals surface area contributed by atoms with Crippen LogP contribution in [0.1, 0.15) is 27.2 Å². The van der Waals surface area contributed by atoms with Gasteiger partial charge in [-0.05, 0) is 50.6 Å². The molecule has 1 aliphatic heterocycles. The fourth-order valence-electron chi connectivity index (χ4n) is 3.16. The zero-order chi connectivity index (χ0) is 21.0. The highest BCUT2D eigenvalue weighted by molar-refractivity contribution is 6.02. The van der Waals surface area contributed by atoms with Gasteiger partial charge in [-0.3, -0.25) is 4.79 Å². The number of amides is 3. The summed E-state index contributed by atoms with van der Waals surface area (Å²) in [4.78, 5) is 27.2. The Morgan fingerprint density at radius 1 is 1.17 bits per heavy atom. The van der Waals surface area contributed by atoms with Gasteiger partial charge in [-0.25, -0.2) is 4.79 Å². The predicted molar refractivity (Wildman–Crippen MR) is 114 cm³/mol. The highest BCUT2D eigenvalue weighted by Crippen LogP contribution is 2.38. The van der Waals surface area contributed by atoms with E-state index in [1.165, 1.54) is 0 Å². The van der Waals surface area contributed by atoms with Gasteiger partial charge in [0.15, 0.2) is 0 Å². The molecule has 0 saturated heterocycles. The number of ether oxygens (including phenoxy) is 2. The summed E-state index contributed by atoms with van der Waals surface area (Å²) in [6, 6.07) is 12.0. The smallest absolute Gasteiger partial charge is 0.323 e. The number of nitrogens with one attached hydrogen (secondary N) is 2. The molecule has 1 aliphatic rings. The monoisotopic (exact) mass is 397 g/mol. The van der Waals surface area contributed by atoms with E-state index in [1.807, 2.05) is 20.8 Å². The van der Waals surface area contributed by atoms with Gasteiger partial charge in [-0.15, -0.1) is 0 Å². The van der Waals surface area contributed by atoms with Gasteiger partial charge in [-0.1, -0.05) is 13.0 Å². The van der Waals surface area contributed by atoms with Crippen molar-refractivity contribution in [1.29, 1.82) is 0 Å². The number of benzene rings is 2. The zero-order valence-electron chi connectivity index (χ0n) is 17.2. The van der Waals surface area contributed by atoms with Crippen LogP contribution in [0.2, 0.25) is 0 Å². The van der Waals surface area contributed by atoms with Gasteiger partial charge >= 0.3 is 6.03 Å². The molecule has 0 aromatic heterocycles. The fourth-order valence-corrected chi connectivity index (χ4v) is 3.16. The molecule has 3 rings (SSSR count). The molecule has 1 heterocycles. The third-order valence-electron chi connectivity index (χ3n) is 4.70. The predicted octanol–water partition coefficient (Wildman–Crippen LogP) is 4.50. The quantitative estimate of drug-likeness (QED) is 0.778. The summed E-state index contributed by atoms with van der Waals surface area (Å²) in [6.07, 6.45) is 0.815. The van der Waals surface area contributed by atoms with Crippen molar-refractivity contribution in [2.45, 2.75) is 27.2 Å². The molecule has 0 saturated carbocycles. The molecule has 2 aromatic rings. The lowest BCUT2D eigenvalue weighted by atomic mass is 9.93. The van der Waals surface area contributed by atoms with Crippen LogP contribution in [0.15, 0.2) is 42.5 Å². The van der Waals surface area contributed by atoms with Crippen LogP contribution < -0.4 is 25.0 Å². The third kappa shape index (κ3) is 4.62. The highest BCUT2D eigenvalue weighted by atomic mass is 16.5. The molecule has 7 nitrogen and oxygen atoms in total. The van der Waals surface area contributed by atoms with Crippen LogP contribution in [-0.2, 0) is 4.79 Å². The molecule has 7 heteroatoms. The minimum Gasteiger partial charge on any atom is -0.497 e. The van der Waals surface area contributed by atoms with Gasteiger partial charge in [-0.2, -0.15) is 0 Å². The van der Waals surface area contributed by atoms with Crippen molar-refractivity contribution in [3.63, 3.8) is 0 Å². The van der Waals surface area contributed by atoms with E-state index in [1.54, 1.807) is 54.5 Å². The van der Waals surface area contributed by atoms with Crippen molar-refractivity contribution in [2.24, 2.45) is 5.41 Å². The Bertz CT molecular complexity index is 911. The number of carbonyl (C=O) groups excluding carboxylic acids is 2. The molecule has 2 aromatic carbocycles.